The maximum Gasteiger partial charge on any atom is 0.490 e. The van der Waals surface area contributed by atoms with Crippen LogP contribution in [0.4, 0.5) is 22.8 Å². The quantitative estimate of drug-likeness (QED) is 0.0113. The molecule has 706 valence electrons. The van der Waals surface area contributed by atoms with Crippen molar-refractivity contribution in [1.82, 2.24) is 58.5 Å². The van der Waals surface area contributed by atoms with Crippen molar-refractivity contribution in [2.24, 2.45) is 51.8 Å². The van der Waals surface area contributed by atoms with Gasteiger partial charge in [-0.1, -0.05) is 156 Å². The van der Waals surface area contributed by atoms with E-state index in [2.05, 4.69) is 63.5 Å². The van der Waals surface area contributed by atoms with Crippen LogP contribution >= 0.6 is 0 Å². The summed E-state index contributed by atoms with van der Waals surface area (Å²) in [4.78, 5) is 211. The van der Waals surface area contributed by atoms with Gasteiger partial charge in [0.1, 0.15) is 60.5 Å². The second kappa shape index (κ2) is 53.5. The molecule has 21 N–H and O–H groups in total. The molecule has 15 atom stereocenters. The van der Waals surface area contributed by atoms with E-state index in [1.807, 2.05) is 33.5 Å². The van der Waals surface area contributed by atoms with Gasteiger partial charge in [0.05, 0.1) is 37.6 Å². The molecule has 0 aromatic heterocycles. The number of benzene rings is 2. The molecule has 0 fully saturated rings. The molecule has 2 aromatic rings. The van der Waals surface area contributed by atoms with Crippen LogP contribution in [0.25, 0.3) is 0 Å². The number of nitrogens with zero attached hydrogens (tertiary/aromatic N) is 1. The van der Waals surface area contributed by atoms with E-state index in [9.17, 15) is 90.8 Å². The van der Waals surface area contributed by atoms with E-state index in [1.165, 1.54) is 24.3 Å². The maximum absolute atomic E-state index is 15.0. The highest BCUT2D eigenvalue weighted by molar-refractivity contribution is 6.76. The molecule has 0 radical (unpaired) electrons. The van der Waals surface area contributed by atoms with E-state index in [0.717, 1.165) is 6.92 Å². The molecule has 12 amide bonds. The summed E-state index contributed by atoms with van der Waals surface area (Å²) in [5.41, 5.74) is 15.3. The standard InChI is InChI=1S/C80H133N15O22Si.C2HF3O2/c1-21-47(10)57(92-66(101)51(33-28-34-84-76(82)83)86-67(102)52(37-43(2)3)88-72(107)59(62(98)46(8)9)95-78(112)117-80(15,16)17)71(106)93-58(48(11)96)70(105)85-40-56(97)91-60(63(99)65(81)100)73(108)89-55(42-115-79(12,13)14)74(109)116-64(50-31-26-23-27-32-50)61(75(110)113-35-36-118(18,19)20)94-69(104)53(38-44(4)5)87-68(103)54(39-45(6)7)90-77(111)114-41-49-29-24-22-25-30-49;3-2(4,5)1(6)7/h22-27,29-32,43-48,51-55,57-64,96,98-99H,21,28,33-42H2,1-20H3,(H2,81,100)(H,85,105)(H,86,102)(H,87,103)(H,88,107)(H,89,108)(H,90,111)(H,91,97)(H,92,101)(H,93,106)(H,94,104)(H,95,112)(H4,82,83,84);(H,6,7)/t47-,48-,51+,52-,53-,54+,55?,57-,58-,59-,60-,61-,62+,63-,64+;/m0./s1. The Morgan fingerprint density at radius 2 is 0.968 bits per heavy atom. The monoisotopic (exact) mass is 1800 g/mol. The molecular formula is C82H134F3N15O24Si. The Morgan fingerprint density at radius 3 is 1.43 bits per heavy atom. The van der Waals surface area contributed by atoms with Crippen LogP contribution < -0.4 is 75.7 Å². The molecule has 125 heavy (non-hydrogen) atoms. The summed E-state index contributed by atoms with van der Waals surface area (Å²) in [5, 5.41) is 67.7. The second-order valence-electron chi connectivity index (χ2n) is 34.9. The number of halogens is 3. The summed E-state index contributed by atoms with van der Waals surface area (Å²) in [6, 6.07) is 0.0431. The minimum Gasteiger partial charge on any atom is -0.475 e. The third-order valence-electron chi connectivity index (χ3n) is 18.1. The number of guanidine groups is 1. The number of nitrogens with one attached hydrogen (secondary N) is 11. The number of esters is 2. The van der Waals surface area contributed by atoms with E-state index in [1.54, 1.807) is 133 Å². The predicted octanol–water partition coefficient (Wildman–Crippen LogP) is 2.27. The number of aliphatic hydroxyl groups excluding tert-OH is 3. The molecule has 0 saturated carbocycles. The zero-order chi connectivity index (χ0) is 95.9. The van der Waals surface area contributed by atoms with Crippen LogP contribution in [0.5, 0.6) is 0 Å². The number of alkyl halides is 3. The third kappa shape index (κ3) is 45.1. The first-order valence-electron chi connectivity index (χ1n) is 41.1. The van der Waals surface area contributed by atoms with Crippen molar-refractivity contribution in [3.05, 3.63) is 71.8 Å². The number of rotatable bonds is 49. The molecule has 0 heterocycles. The van der Waals surface area contributed by atoms with Gasteiger partial charge in [-0.3, -0.25) is 52.9 Å². The van der Waals surface area contributed by atoms with Crippen LogP contribution in [0.1, 0.15) is 173 Å². The fourth-order valence-electron chi connectivity index (χ4n) is 11.3. The number of primary amides is 1. The van der Waals surface area contributed by atoms with Crippen LogP contribution in [-0.2, 0) is 92.6 Å². The van der Waals surface area contributed by atoms with E-state index >= 15 is 4.79 Å². The van der Waals surface area contributed by atoms with Gasteiger partial charge in [0.25, 0.3) is 0 Å². The summed E-state index contributed by atoms with van der Waals surface area (Å²) >= 11 is 0. The summed E-state index contributed by atoms with van der Waals surface area (Å²) in [6.07, 6.45) is -14.5. The zero-order valence-corrected chi connectivity index (χ0v) is 76.0. The van der Waals surface area contributed by atoms with E-state index in [-0.39, 0.29) is 87.6 Å². The average molecular weight is 1800 g/mol. The molecule has 0 saturated heterocycles. The molecule has 39 nitrogen and oxygen atoms in total. The van der Waals surface area contributed by atoms with Gasteiger partial charge >= 0.3 is 36.3 Å². The van der Waals surface area contributed by atoms with Gasteiger partial charge in [0.2, 0.25) is 59.1 Å². The number of carbonyl (C=O) groups excluding carboxylic acids is 14. The number of aliphatic imine (C=N–C) groups is 1. The van der Waals surface area contributed by atoms with Crippen LogP contribution in [0.2, 0.25) is 25.7 Å². The number of amides is 12. The number of carbonyl (C=O) groups is 15. The van der Waals surface area contributed by atoms with Crippen LogP contribution in [-0.4, -0.2) is 246 Å². The molecule has 0 bridgehead atoms. The number of hydrogen-bond acceptors (Lipinski definition) is 24. The smallest absolute Gasteiger partial charge is 0.475 e. The average Bonchev–Trinajstić information content (AvgIpc) is 0.818. The van der Waals surface area contributed by atoms with Gasteiger partial charge in [-0.2, -0.15) is 13.2 Å². The largest absolute Gasteiger partial charge is 0.490 e. The lowest BCUT2D eigenvalue weighted by Crippen LogP contribution is -2.62. The maximum atomic E-state index is 15.0. The van der Waals surface area contributed by atoms with Gasteiger partial charge in [-0.15, -0.1) is 0 Å². The molecule has 0 spiro atoms. The predicted molar refractivity (Wildman–Crippen MR) is 454 cm³/mol. The highest BCUT2D eigenvalue weighted by Gasteiger charge is 2.44. The highest BCUT2D eigenvalue weighted by atomic mass is 28.3. The fourth-order valence-corrected chi connectivity index (χ4v) is 12.0. The van der Waals surface area contributed by atoms with Gasteiger partial charge in [0.15, 0.2) is 30.3 Å². The first kappa shape index (κ1) is 112. The Labute approximate surface area is 728 Å². The Balaban J connectivity index is 0.0000107. The summed E-state index contributed by atoms with van der Waals surface area (Å²) in [5.74, 6) is -18.7. The minimum atomic E-state index is -5.08. The molecule has 2 rings (SSSR count). The first-order valence-corrected chi connectivity index (χ1v) is 44.8. The van der Waals surface area contributed by atoms with Crippen molar-refractivity contribution in [2.45, 2.75) is 291 Å². The Morgan fingerprint density at radius 1 is 0.512 bits per heavy atom. The van der Waals surface area contributed by atoms with Crippen LogP contribution in [0.3, 0.4) is 0 Å². The molecule has 0 aliphatic carbocycles. The van der Waals surface area contributed by atoms with Gasteiger partial charge in [-0.25, -0.2) is 24.0 Å². The lowest BCUT2D eigenvalue weighted by Gasteiger charge is -2.32. The Kier molecular flexibility index (Phi) is 48.0. The normalized spacial score (nSPS) is 15.3. The number of ether oxygens (including phenoxy) is 5. The van der Waals surface area contributed by atoms with Crippen LogP contribution in [0, 0.1) is 29.6 Å². The van der Waals surface area contributed by atoms with Crippen molar-refractivity contribution >= 4 is 103 Å². The van der Waals surface area contributed by atoms with E-state index < -0.39 is 224 Å². The molecular weight excluding hydrogens is 1660 g/mol. The highest BCUT2D eigenvalue weighted by Crippen LogP contribution is 2.26. The Hall–Kier alpha value is -10.8. The lowest BCUT2D eigenvalue weighted by molar-refractivity contribution is -0.192. The number of carboxylic acid groups (broad SMARTS) is 1. The van der Waals surface area contributed by atoms with Gasteiger partial charge < -0.3 is 120 Å². The summed E-state index contributed by atoms with van der Waals surface area (Å²) in [6.45, 7) is 31.7. The number of nitrogens with two attached hydrogens (primary N) is 3. The molecule has 0 aliphatic heterocycles. The SMILES string of the molecule is CC[C@H](C)[C@H](NC(=O)[C@@H](CCCN=C(N)N)NC(=O)[C@H](CC(C)C)NC(=O)[C@@H](NC(=O)OC(C)(C)C)[C@H](O)C(C)C)C(=O)N[C@H](C(=O)NCC(=O)N[C@H](C(=O)NC(COC(C)(C)C)C(=O)O[C@H](c1ccccc1)[C@H](NC(=O)[C@H](CC(C)C)NC(=O)[C@@H](CC(C)C)NC(=O)OCc1ccccc1)C(=O)OCC[Si](C)(C)C)[C@H](O)C(N)=O)[C@H](C)O.O=C(O)C(F)(F)F. The second-order valence-corrected chi connectivity index (χ2v) is 40.5. The number of hydrogen-bond donors (Lipinski definition) is 18. The lowest BCUT2D eigenvalue weighted by atomic mass is 9.96. The van der Waals surface area contributed by atoms with Crippen molar-refractivity contribution in [3.8, 4) is 0 Å². The zero-order valence-electron chi connectivity index (χ0n) is 75.0. The van der Waals surface area contributed by atoms with Crippen LogP contribution in [0.15, 0.2) is 65.7 Å². The Bertz CT molecular complexity index is 3880. The topological polar surface area (TPSA) is 606 Å². The number of aliphatic hydroxyl groups is 3. The molecule has 43 heteroatoms. The van der Waals surface area contributed by atoms with Gasteiger partial charge in [-0.05, 0) is 127 Å². The fraction of sp³-hybridized carbons (Fsp3) is 0.659. The molecule has 0 aliphatic rings. The summed E-state index contributed by atoms with van der Waals surface area (Å²) in [7, 11) is -1.93. The number of alkyl carbamates (subject to hydrolysis) is 2. The minimum absolute atomic E-state index is 0.0195. The molecule has 1 unspecified atom stereocenters. The number of carboxylic acids is 1. The van der Waals surface area contributed by atoms with E-state index in [4.69, 9.17) is 50.8 Å². The van der Waals surface area contributed by atoms with E-state index in [0.29, 0.717) is 11.6 Å². The van der Waals surface area contributed by atoms with Crippen molar-refractivity contribution in [1.29, 1.82) is 0 Å². The summed E-state index contributed by atoms with van der Waals surface area (Å²) < 4.78 is 60.5. The van der Waals surface area contributed by atoms with Crippen molar-refractivity contribution < 1.29 is 129 Å². The van der Waals surface area contributed by atoms with Crippen molar-refractivity contribution in [3.63, 3.8) is 0 Å². The third-order valence-corrected chi connectivity index (χ3v) is 19.8. The van der Waals surface area contributed by atoms with Crippen molar-refractivity contribution in [2.75, 3.05) is 26.3 Å². The first-order chi connectivity index (χ1) is 57.7. The van der Waals surface area contributed by atoms with Gasteiger partial charge in [0, 0.05) is 14.6 Å². The number of aliphatic carboxylic acids is 1. The molecule has 2 aromatic carbocycles.